The molecule has 2 heterocycles. The van der Waals surface area contributed by atoms with E-state index in [0.29, 0.717) is 44.5 Å². The number of hydrogen-bond donors (Lipinski definition) is 0. The predicted octanol–water partition coefficient (Wildman–Crippen LogP) is 2.62. The molecule has 0 atom stereocenters. The molecular weight excluding hydrogens is 396 g/mol. The van der Waals surface area contributed by atoms with Gasteiger partial charge in [-0.15, -0.1) is 0 Å². The van der Waals surface area contributed by atoms with Gasteiger partial charge >= 0.3 is 5.69 Å². The topological polar surface area (TPSA) is 78.6 Å². The minimum absolute atomic E-state index is 0.00936. The Bertz CT molecular complexity index is 909. The molecule has 0 spiro atoms. The van der Waals surface area contributed by atoms with E-state index in [4.69, 9.17) is 9.47 Å². The van der Waals surface area contributed by atoms with E-state index >= 15 is 0 Å². The van der Waals surface area contributed by atoms with Crippen LogP contribution in [-0.4, -0.2) is 58.6 Å². The van der Waals surface area contributed by atoms with Gasteiger partial charge in [-0.05, 0) is 43.4 Å². The van der Waals surface area contributed by atoms with Crippen LogP contribution in [0.1, 0.15) is 56.8 Å². The number of carbonyl (C=O) groups excluding carboxylic acids is 1. The van der Waals surface area contributed by atoms with Crippen LogP contribution in [0, 0.1) is 0 Å². The first-order valence-corrected chi connectivity index (χ1v) is 11.1. The summed E-state index contributed by atoms with van der Waals surface area (Å²) >= 11 is 0. The van der Waals surface area contributed by atoms with Gasteiger partial charge in [0.25, 0.3) is 5.91 Å². The molecule has 0 saturated carbocycles. The number of ether oxygens (including phenoxy) is 2. The first-order valence-electron chi connectivity index (χ1n) is 11.1. The molecule has 1 amide bonds. The Kier molecular flexibility index (Phi) is 7.90. The quantitative estimate of drug-likeness (QED) is 0.611. The molecule has 0 bridgehead atoms. The summed E-state index contributed by atoms with van der Waals surface area (Å²) in [6.07, 6.45) is 1.57. The van der Waals surface area contributed by atoms with Gasteiger partial charge < -0.3 is 14.4 Å². The van der Waals surface area contributed by atoms with Crippen LogP contribution in [0.2, 0.25) is 0 Å². The lowest BCUT2D eigenvalue weighted by molar-refractivity contribution is -0.134. The van der Waals surface area contributed by atoms with Gasteiger partial charge in [-0.3, -0.25) is 9.36 Å². The molecule has 8 heteroatoms. The lowest BCUT2D eigenvalue weighted by Crippen LogP contribution is -2.41. The second-order valence-corrected chi connectivity index (χ2v) is 8.27. The van der Waals surface area contributed by atoms with Crippen molar-refractivity contribution in [3.63, 3.8) is 0 Å². The first kappa shape index (κ1) is 23.1. The molecule has 1 fully saturated rings. The maximum atomic E-state index is 12.6. The van der Waals surface area contributed by atoms with E-state index < -0.39 is 0 Å². The number of likely N-dealkylation sites (tertiary alicyclic amines) is 1. The Morgan fingerprint density at radius 3 is 2.45 bits per heavy atom. The molecular formula is C23H34N4O4. The maximum Gasteiger partial charge on any atom is 0.345 e. The normalized spacial score (nSPS) is 14.9. The Hall–Kier alpha value is -2.61. The van der Waals surface area contributed by atoms with Gasteiger partial charge in [0.15, 0.2) is 6.61 Å². The number of carbonyl (C=O) groups is 1. The standard InChI is InChI=1S/C23H34N4O4/c1-5-26-22(24-27(23(26)29)14-15-30-4)19-10-12-25(13-11-19)21(28)16-31-20-8-6-18(7-9-20)17(2)3/h6-9,17,19H,5,10-16H2,1-4H3. The van der Waals surface area contributed by atoms with Crippen molar-refractivity contribution in [1.29, 1.82) is 0 Å². The average Bonchev–Trinajstić information content (AvgIpc) is 3.11. The average molecular weight is 431 g/mol. The largest absolute Gasteiger partial charge is 0.484 e. The van der Waals surface area contributed by atoms with Crippen LogP contribution >= 0.6 is 0 Å². The number of piperidine rings is 1. The van der Waals surface area contributed by atoms with Crippen molar-refractivity contribution in [2.75, 3.05) is 33.4 Å². The molecule has 1 aliphatic heterocycles. The number of benzene rings is 1. The van der Waals surface area contributed by atoms with Crippen molar-refractivity contribution < 1.29 is 14.3 Å². The van der Waals surface area contributed by atoms with Crippen molar-refractivity contribution in [1.82, 2.24) is 19.2 Å². The van der Waals surface area contributed by atoms with Gasteiger partial charge in [-0.1, -0.05) is 26.0 Å². The molecule has 170 valence electrons. The highest BCUT2D eigenvalue weighted by Crippen LogP contribution is 2.26. The molecule has 31 heavy (non-hydrogen) atoms. The van der Waals surface area contributed by atoms with E-state index in [1.165, 1.54) is 10.2 Å². The third-order valence-corrected chi connectivity index (χ3v) is 5.90. The predicted molar refractivity (Wildman–Crippen MR) is 119 cm³/mol. The van der Waals surface area contributed by atoms with E-state index in [2.05, 4.69) is 18.9 Å². The molecule has 8 nitrogen and oxygen atoms in total. The van der Waals surface area contributed by atoms with E-state index in [-0.39, 0.29) is 24.1 Å². The highest BCUT2D eigenvalue weighted by molar-refractivity contribution is 5.77. The first-order chi connectivity index (χ1) is 14.9. The summed E-state index contributed by atoms with van der Waals surface area (Å²) in [5, 5.41) is 4.57. The third kappa shape index (κ3) is 5.55. The third-order valence-electron chi connectivity index (χ3n) is 5.90. The molecule has 1 aromatic carbocycles. The summed E-state index contributed by atoms with van der Waals surface area (Å²) in [5.41, 5.74) is 1.15. The fraction of sp³-hybridized carbons (Fsp3) is 0.609. The number of nitrogens with zero attached hydrogens (tertiary/aromatic N) is 4. The molecule has 0 aliphatic carbocycles. The molecule has 1 aliphatic rings. The van der Waals surface area contributed by atoms with Gasteiger partial charge in [-0.25, -0.2) is 9.48 Å². The fourth-order valence-electron chi connectivity index (χ4n) is 3.95. The Morgan fingerprint density at radius 2 is 1.87 bits per heavy atom. The summed E-state index contributed by atoms with van der Waals surface area (Å²) in [5.74, 6) is 2.15. The van der Waals surface area contributed by atoms with Crippen LogP contribution < -0.4 is 10.4 Å². The second-order valence-electron chi connectivity index (χ2n) is 8.27. The van der Waals surface area contributed by atoms with Crippen molar-refractivity contribution in [2.24, 2.45) is 0 Å². The monoisotopic (exact) mass is 430 g/mol. The summed E-state index contributed by atoms with van der Waals surface area (Å²) in [6, 6.07) is 7.90. The maximum absolute atomic E-state index is 12.6. The number of methoxy groups -OCH3 is 1. The smallest absolute Gasteiger partial charge is 0.345 e. The molecule has 1 saturated heterocycles. The molecule has 2 aromatic rings. The van der Waals surface area contributed by atoms with E-state index in [1.54, 1.807) is 11.7 Å². The van der Waals surface area contributed by atoms with Gasteiger partial charge in [0.1, 0.15) is 11.6 Å². The van der Waals surface area contributed by atoms with E-state index in [1.807, 2.05) is 36.1 Å². The van der Waals surface area contributed by atoms with Gasteiger partial charge in [0, 0.05) is 32.7 Å². The molecule has 0 radical (unpaired) electrons. The van der Waals surface area contributed by atoms with Gasteiger partial charge in [-0.2, -0.15) is 5.10 Å². The van der Waals surface area contributed by atoms with Crippen LogP contribution in [0.5, 0.6) is 5.75 Å². The number of hydrogen-bond acceptors (Lipinski definition) is 5. The Morgan fingerprint density at radius 1 is 1.19 bits per heavy atom. The molecule has 3 rings (SSSR count). The number of amides is 1. The number of aromatic nitrogens is 3. The summed E-state index contributed by atoms with van der Waals surface area (Å²) in [4.78, 5) is 27.0. The minimum atomic E-state index is -0.0926. The van der Waals surface area contributed by atoms with Crippen molar-refractivity contribution in [3.05, 3.63) is 46.1 Å². The van der Waals surface area contributed by atoms with Crippen molar-refractivity contribution >= 4 is 5.91 Å². The minimum Gasteiger partial charge on any atom is -0.484 e. The van der Waals surface area contributed by atoms with Gasteiger partial charge in [0.2, 0.25) is 0 Å². The van der Waals surface area contributed by atoms with Crippen molar-refractivity contribution in [2.45, 2.75) is 58.5 Å². The van der Waals surface area contributed by atoms with Crippen LogP contribution in [0.4, 0.5) is 0 Å². The fourth-order valence-corrected chi connectivity index (χ4v) is 3.95. The van der Waals surface area contributed by atoms with Crippen LogP contribution in [0.25, 0.3) is 0 Å². The zero-order valence-corrected chi connectivity index (χ0v) is 19.0. The SMILES string of the molecule is CCn1c(C2CCN(C(=O)COc3ccc(C(C)C)cc3)CC2)nn(CCOC)c1=O. The Balaban J connectivity index is 1.54. The summed E-state index contributed by atoms with van der Waals surface area (Å²) in [7, 11) is 1.61. The highest BCUT2D eigenvalue weighted by Gasteiger charge is 2.28. The molecule has 0 N–H and O–H groups in total. The zero-order valence-electron chi connectivity index (χ0n) is 19.0. The summed E-state index contributed by atoms with van der Waals surface area (Å²) in [6.45, 7) is 9.05. The number of rotatable bonds is 9. The van der Waals surface area contributed by atoms with Gasteiger partial charge in [0.05, 0.1) is 13.2 Å². The van der Waals surface area contributed by atoms with Crippen molar-refractivity contribution in [3.8, 4) is 5.75 Å². The molecule has 0 unspecified atom stereocenters. The zero-order chi connectivity index (χ0) is 22.4. The highest BCUT2D eigenvalue weighted by atomic mass is 16.5. The lowest BCUT2D eigenvalue weighted by Gasteiger charge is -2.31. The van der Waals surface area contributed by atoms with E-state index in [9.17, 15) is 9.59 Å². The van der Waals surface area contributed by atoms with Crippen LogP contribution in [-0.2, 0) is 22.6 Å². The lowest BCUT2D eigenvalue weighted by atomic mass is 9.96. The van der Waals surface area contributed by atoms with Crippen LogP contribution in [0.15, 0.2) is 29.1 Å². The molecule has 1 aromatic heterocycles. The Labute approximate surface area is 183 Å². The summed E-state index contributed by atoms with van der Waals surface area (Å²) < 4.78 is 14.0. The van der Waals surface area contributed by atoms with Crippen LogP contribution in [0.3, 0.4) is 0 Å². The second kappa shape index (κ2) is 10.6. The van der Waals surface area contributed by atoms with E-state index in [0.717, 1.165) is 18.7 Å².